The van der Waals surface area contributed by atoms with Crippen LogP contribution in [0.5, 0.6) is 5.75 Å². The summed E-state index contributed by atoms with van der Waals surface area (Å²) in [7, 11) is 5.42. The highest BCUT2D eigenvalue weighted by molar-refractivity contribution is 6.05. The number of hydrogen-bond acceptors (Lipinski definition) is 10. The predicted octanol–water partition coefficient (Wildman–Crippen LogP) is 4.86. The standard InChI is InChI=1S/C40H47F3N10O5/c1-49(25-14-17-51(18-15-25)30-5-4-6-31-35(30)50(2)39(57)53(31)32-11-12-34(54)47-37(32)56)21-23-7-9-26(10-8-23)52-22-24-19-29(33(58-3)20-28(24)48-52)45-36(55)27-13-16-44-38(46-27)40(41,42)43/h4-6,13,16,19-20,22-23,25-26,32,34,54H,7-12,14-15,17-18,21H2,1-3H3,(H,45,55)(H,47,56). The molecule has 308 valence electrons. The number of nitrogens with zero attached hydrogens (tertiary/aromatic N) is 8. The van der Waals surface area contributed by atoms with Gasteiger partial charge in [0.1, 0.15) is 23.7 Å². The van der Waals surface area contributed by atoms with E-state index in [1.165, 1.54) is 7.11 Å². The number of para-hydroxylation sites is 1. The Hall–Kier alpha value is -5.49. The number of imidazole rings is 1. The van der Waals surface area contributed by atoms with Crippen molar-refractivity contribution >= 4 is 45.1 Å². The van der Waals surface area contributed by atoms with E-state index in [9.17, 15) is 32.7 Å². The van der Waals surface area contributed by atoms with Crippen LogP contribution >= 0.6 is 0 Å². The van der Waals surface area contributed by atoms with Crippen molar-refractivity contribution in [1.82, 2.24) is 39.1 Å². The summed E-state index contributed by atoms with van der Waals surface area (Å²) >= 11 is 0. The van der Waals surface area contributed by atoms with Gasteiger partial charge in [0, 0.05) is 56.6 Å². The Kier molecular flexibility index (Phi) is 10.6. The first-order chi connectivity index (χ1) is 27.8. The number of aryl methyl sites for hydroxylation is 1. The number of ether oxygens (including phenoxy) is 1. The van der Waals surface area contributed by atoms with Gasteiger partial charge in [-0.3, -0.25) is 23.4 Å². The molecule has 1 saturated carbocycles. The lowest BCUT2D eigenvalue weighted by Gasteiger charge is -2.40. The first kappa shape index (κ1) is 39.3. The molecule has 2 atom stereocenters. The van der Waals surface area contributed by atoms with Gasteiger partial charge >= 0.3 is 11.9 Å². The smallest absolute Gasteiger partial charge is 0.451 e. The van der Waals surface area contributed by atoms with Crippen LogP contribution in [0.15, 0.2) is 53.6 Å². The largest absolute Gasteiger partial charge is 0.494 e. The summed E-state index contributed by atoms with van der Waals surface area (Å²) in [4.78, 5) is 50.6. The molecule has 18 heteroatoms. The summed E-state index contributed by atoms with van der Waals surface area (Å²) in [5, 5.41) is 20.7. The maximum atomic E-state index is 13.5. The first-order valence-electron chi connectivity index (χ1n) is 19.7. The molecule has 5 heterocycles. The van der Waals surface area contributed by atoms with Gasteiger partial charge in [0.05, 0.1) is 41.1 Å². The Labute approximate surface area is 331 Å². The van der Waals surface area contributed by atoms with Crippen molar-refractivity contribution in [2.24, 2.45) is 13.0 Å². The number of hydrogen-bond donors (Lipinski definition) is 3. The highest BCUT2D eigenvalue weighted by Gasteiger charge is 2.36. The number of aromatic nitrogens is 6. The molecule has 5 aromatic rings. The number of alkyl halides is 3. The molecule has 3 fully saturated rings. The second-order valence-electron chi connectivity index (χ2n) is 15.7. The molecule has 0 bridgehead atoms. The minimum atomic E-state index is -4.78. The number of carbonyl (C=O) groups excluding carboxylic acids is 2. The van der Waals surface area contributed by atoms with E-state index < -0.39 is 35.9 Å². The molecule has 0 radical (unpaired) electrons. The molecular weight excluding hydrogens is 757 g/mol. The van der Waals surface area contributed by atoms with Gasteiger partial charge in [-0.05, 0) is 88.6 Å². The molecule has 3 N–H and O–H groups in total. The molecule has 15 nitrogen and oxygen atoms in total. The summed E-state index contributed by atoms with van der Waals surface area (Å²) in [6.45, 7) is 2.69. The summed E-state index contributed by atoms with van der Waals surface area (Å²) in [5.74, 6) is -1.68. The molecule has 2 unspecified atom stereocenters. The van der Waals surface area contributed by atoms with Crippen molar-refractivity contribution in [2.75, 3.05) is 44.0 Å². The number of halogens is 3. The van der Waals surface area contributed by atoms with Crippen molar-refractivity contribution in [3.8, 4) is 5.75 Å². The number of nitrogens with one attached hydrogen (secondary N) is 2. The van der Waals surface area contributed by atoms with Crippen molar-refractivity contribution in [3.63, 3.8) is 0 Å². The summed E-state index contributed by atoms with van der Waals surface area (Å²) in [5.41, 5.74) is 2.84. The molecule has 2 aliphatic heterocycles. The summed E-state index contributed by atoms with van der Waals surface area (Å²) in [6, 6.07) is 10.4. The number of rotatable bonds is 9. The van der Waals surface area contributed by atoms with Crippen LogP contribution in [0.2, 0.25) is 0 Å². The van der Waals surface area contributed by atoms with Gasteiger partial charge in [-0.1, -0.05) is 6.07 Å². The van der Waals surface area contributed by atoms with Gasteiger partial charge in [0.2, 0.25) is 11.7 Å². The average Bonchev–Trinajstić information content (AvgIpc) is 3.74. The van der Waals surface area contributed by atoms with Crippen LogP contribution in [0.1, 0.15) is 79.8 Å². The van der Waals surface area contributed by atoms with E-state index >= 15 is 0 Å². The van der Waals surface area contributed by atoms with Crippen LogP contribution in [0.3, 0.4) is 0 Å². The molecule has 2 aromatic carbocycles. The lowest BCUT2D eigenvalue weighted by Crippen LogP contribution is -2.46. The molecule has 58 heavy (non-hydrogen) atoms. The molecule has 3 aromatic heterocycles. The van der Waals surface area contributed by atoms with Gasteiger partial charge < -0.3 is 30.3 Å². The second-order valence-corrected chi connectivity index (χ2v) is 15.7. The number of carbonyl (C=O) groups is 2. The van der Waals surface area contributed by atoms with Gasteiger partial charge in [-0.15, -0.1) is 0 Å². The van der Waals surface area contributed by atoms with Crippen LogP contribution in [-0.4, -0.2) is 96.8 Å². The van der Waals surface area contributed by atoms with E-state index in [4.69, 9.17) is 9.84 Å². The maximum absolute atomic E-state index is 13.5. The van der Waals surface area contributed by atoms with Crippen LogP contribution in [0, 0.1) is 5.92 Å². The van der Waals surface area contributed by atoms with E-state index in [2.05, 4.69) is 43.5 Å². The zero-order chi connectivity index (χ0) is 40.9. The van der Waals surface area contributed by atoms with Gasteiger partial charge in [0.15, 0.2) is 0 Å². The minimum Gasteiger partial charge on any atom is -0.494 e. The third-order valence-electron chi connectivity index (χ3n) is 12.1. The van der Waals surface area contributed by atoms with E-state index in [0.29, 0.717) is 41.8 Å². The topological polar surface area (TPSA) is 165 Å². The molecule has 8 rings (SSSR count). The fourth-order valence-electron chi connectivity index (χ4n) is 9.03. The van der Waals surface area contributed by atoms with Crippen molar-refractivity contribution in [1.29, 1.82) is 0 Å². The normalized spacial score (nSPS) is 22.1. The Bertz CT molecular complexity index is 2390. The Morgan fingerprint density at radius 1 is 1.05 bits per heavy atom. The van der Waals surface area contributed by atoms with E-state index in [-0.39, 0.29) is 17.6 Å². The van der Waals surface area contributed by atoms with Crippen molar-refractivity contribution in [3.05, 3.63) is 70.8 Å². The van der Waals surface area contributed by atoms with Crippen LogP contribution < -0.4 is 26.0 Å². The number of anilines is 2. The molecule has 2 amide bonds. The Balaban J connectivity index is 0.865. The molecule has 3 aliphatic rings. The number of benzene rings is 2. The van der Waals surface area contributed by atoms with Gasteiger partial charge in [-0.25, -0.2) is 14.8 Å². The highest BCUT2D eigenvalue weighted by atomic mass is 19.4. The summed E-state index contributed by atoms with van der Waals surface area (Å²) in [6.07, 6.45) is 3.96. The SMILES string of the molecule is COc1cc2nn(C3CCC(CN(C)C4CCN(c5cccc6c5n(C)c(=O)n6C5CCC(O)NC5=O)CC4)CC3)cc2cc1NC(=O)c1ccnc(C(F)(F)F)n1. The lowest BCUT2D eigenvalue weighted by atomic mass is 9.85. The van der Waals surface area contributed by atoms with E-state index in [0.717, 1.165) is 92.5 Å². The molecule has 2 saturated heterocycles. The maximum Gasteiger partial charge on any atom is 0.451 e. The number of methoxy groups -OCH3 is 1. The van der Waals surface area contributed by atoms with Crippen LogP contribution in [-0.2, 0) is 18.0 Å². The Morgan fingerprint density at radius 3 is 2.52 bits per heavy atom. The second kappa shape index (κ2) is 15.7. The molecule has 0 spiro atoms. The van der Waals surface area contributed by atoms with Crippen LogP contribution in [0.4, 0.5) is 24.5 Å². The third-order valence-corrected chi connectivity index (χ3v) is 12.1. The zero-order valence-corrected chi connectivity index (χ0v) is 32.6. The fourth-order valence-corrected chi connectivity index (χ4v) is 9.03. The number of aliphatic hydroxyl groups excluding tert-OH is 1. The first-order valence-corrected chi connectivity index (χ1v) is 19.7. The highest BCUT2D eigenvalue weighted by Crippen LogP contribution is 2.37. The molecular formula is C40H47F3N10O5. The number of aliphatic hydroxyl groups is 1. The number of fused-ring (bicyclic) bond motifs is 2. The van der Waals surface area contributed by atoms with E-state index in [1.807, 2.05) is 23.0 Å². The minimum absolute atomic E-state index is 0.204. The van der Waals surface area contributed by atoms with Crippen LogP contribution in [0.25, 0.3) is 21.9 Å². The molecule has 1 aliphatic carbocycles. The monoisotopic (exact) mass is 804 g/mol. The lowest BCUT2D eigenvalue weighted by molar-refractivity contribution is -0.145. The van der Waals surface area contributed by atoms with Gasteiger partial charge in [-0.2, -0.15) is 18.3 Å². The Morgan fingerprint density at radius 2 is 1.81 bits per heavy atom. The average molecular weight is 805 g/mol. The fraction of sp³-hybridized carbons (Fsp3) is 0.500. The third kappa shape index (κ3) is 7.62. The van der Waals surface area contributed by atoms with Crippen molar-refractivity contribution in [2.45, 2.75) is 81.9 Å². The zero-order valence-electron chi connectivity index (χ0n) is 32.6. The van der Waals surface area contributed by atoms with Gasteiger partial charge in [0.25, 0.3) is 5.91 Å². The summed E-state index contributed by atoms with van der Waals surface area (Å²) < 4.78 is 50.0. The quantitative estimate of drug-likeness (QED) is 0.188. The predicted molar refractivity (Wildman–Crippen MR) is 210 cm³/mol. The number of amides is 2. The van der Waals surface area contributed by atoms with E-state index in [1.54, 1.807) is 28.3 Å². The van der Waals surface area contributed by atoms with Crippen molar-refractivity contribution < 1.29 is 32.6 Å². The number of piperidine rings is 2.